The van der Waals surface area contributed by atoms with E-state index in [-0.39, 0.29) is 30.0 Å². The lowest BCUT2D eigenvalue weighted by molar-refractivity contribution is -0.384. The predicted octanol–water partition coefficient (Wildman–Crippen LogP) is 3.02. The van der Waals surface area contributed by atoms with E-state index < -0.39 is 22.5 Å². The van der Waals surface area contributed by atoms with Crippen LogP contribution in [0.3, 0.4) is 0 Å². The molecule has 0 spiro atoms. The summed E-state index contributed by atoms with van der Waals surface area (Å²) in [4.78, 5) is 22.1. The summed E-state index contributed by atoms with van der Waals surface area (Å²) >= 11 is 0. The molecule has 0 heterocycles. The maximum absolute atomic E-state index is 13.4. The first kappa shape index (κ1) is 17.3. The minimum absolute atomic E-state index is 0.0237. The number of halogens is 2. The molecule has 0 aliphatic rings. The Morgan fingerprint density at radius 3 is 2.58 bits per heavy atom. The van der Waals surface area contributed by atoms with E-state index >= 15 is 0 Å². The van der Waals surface area contributed by atoms with Gasteiger partial charge in [-0.1, -0.05) is 6.07 Å². The van der Waals surface area contributed by atoms with Crippen molar-refractivity contribution < 1.29 is 18.5 Å². The maximum atomic E-state index is 13.4. The van der Waals surface area contributed by atoms with Crippen molar-refractivity contribution in [3.8, 4) is 0 Å². The summed E-state index contributed by atoms with van der Waals surface area (Å²) in [5.41, 5.74) is 0.375. The lowest BCUT2D eigenvalue weighted by Gasteiger charge is -2.09. The normalized spacial score (nSPS) is 10.3. The Bertz CT molecular complexity index is 781. The van der Waals surface area contributed by atoms with Crippen molar-refractivity contribution in [2.75, 3.05) is 18.4 Å². The minimum Gasteiger partial charge on any atom is -0.378 e. The Hall–Kier alpha value is -3.03. The second-order valence-corrected chi connectivity index (χ2v) is 5.07. The van der Waals surface area contributed by atoms with Crippen LogP contribution in [-0.4, -0.2) is 23.9 Å². The molecule has 0 aliphatic heterocycles. The molecule has 0 aliphatic carbocycles. The quantitative estimate of drug-likeness (QED) is 0.483. The van der Waals surface area contributed by atoms with Crippen molar-refractivity contribution in [3.05, 3.63) is 69.3 Å². The van der Waals surface area contributed by atoms with Crippen LogP contribution in [0.5, 0.6) is 0 Å². The monoisotopic (exact) mass is 335 g/mol. The van der Waals surface area contributed by atoms with E-state index in [2.05, 4.69) is 10.6 Å². The van der Waals surface area contributed by atoms with Crippen LogP contribution in [0, 0.1) is 28.7 Å². The highest BCUT2D eigenvalue weighted by molar-refractivity contribution is 5.94. The van der Waals surface area contributed by atoms with Gasteiger partial charge in [-0.15, -0.1) is 0 Å². The fourth-order valence-electron chi connectivity index (χ4n) is 2.02. The van der Waals surface area contributed by atoms with Gasteiger partial charge in [0.1, 0.15) is 17.3 Å². The van der Waals surface area contributed by atoms with Gasteiger partial charge in [-0.2, -0.15) is 0 Å². The van der Waals surface area contributed by atoms with Crippen LogP contribution in [-0.2, 0) is 0 Å². The van der Waals surface area contributed by atoms with Gasteiger partial charge in [0.25, 0.3) is 11.6 Å². The number of nitro benzene ring substituents is 1. The molecule has 0 saturated carbocycles. The van der Waals surface area contributed by atoms with E-state index in [1.165, 1.54) is 12.1 Å². The molecule has 6 nitrogen and oxygen atoms in total. The Labute approximate surface area is 136 Å². The number of amides is 1. The molecule has 0 bridgehead atoms. The zero-order chi connectivity index (χ0) is 17.7. The number of aryl methyl sites for hydroxylation is 1. The number of nitrogens with zero attached hydrogens (tertiary/aromatic N) is 1. The van der Waals surface area contributed by atoms with Gasteiger partial charge >= 0.3 is 0 Å². The van der Waals surface area contributed by atoms with Crippen molar-refractivity contribution in [1.29, 1.82) is 0 Å². The number of anilines is 1. The fraction of sp³-hybridized carbons (Fsp3) is 0.188. The van der Waals surface area contributed by atoms with E-state index in [1.54, 1.807) is 6.92 Å². The molecule has 24 heavy (non-hydrogen) atoms. The van der Waals surface area contributed by atoms with Gasteiger partial charge in [0, 0.05) is 30.8 Å². The number of benzene rings is 2. The van der Waals surface area contributed by atoms with Crippen LogP contribution >= 0.6 is 0 Å². The van der Waals surface area contributed by atoms with Crippen molar-refractivity contribution in [3.63, 3.8) is 0 Å². The van der Waals surface area contributed by atoms with Crippen LogP contribution in [0.2, 0.25) is 0 Å². The largest absolute Gasteiger partial charge is 0.378 e. The highest BCUT2D eigenvalue weighted by Gasteiger charge is 2.14. The van der Waals surface area contributed by atoms with Gasteiger partial charge in [-0.25, -0.2) is 8.78 Å². The number of rotatable bonds is 6. The Kier molecular flexibility index (Phi) is 5.41. The molecule has 0 fully saturated rings. The van der Waals surface area contributed by atoms with Crippen molar-refractivity contribution in [2.45, 2.75) is 6.92 Å². The van der Waals surface area contributed by atoms with Gasteiger partial charge < -0.3 is 10.6 Å². The molecule has 0 atom stereocenters. The molecule has 0 aromatic heterocycles. The smallest absolute Gasteiger partial charge is 0.292 e. The van der Waals surface area contributed by atoms with Crippen LogP contribution in [0.15, 0.2) is 36.4 Å². The summed E-state index contributed by atoms with van der Waals surface area (Å²) in [7, 11) is 0. The average molecular weight is 335 g/mol. The zero-order valence-electron chi connectivity index (χ0n) is 12.8. The third-order valence-corrected chi connectivity index (χ3v) is 3.32. The number of nitro groups is 1. The lowest BCUT2D eigenvalue weighted by Crippen LogP contribution is -2.29. The Morgan fingerprint density at radius 2 is 1.92 bits per heavy atom. The standard InChI is InChI=1S/C16H15F2N3O3/c1-10-2-3-11(8-13(10)18)16(22)20-7-6-19-14-9-12(17)4-5-15(14)21(23)24/h2-5,8-9,19H,6-7H2,1H3,(H,20,22). The van der Waals surface area contributed by atoms with Gasteiger partial charge in [0.2, 0.25) is 0 Å². The maximum Gasteiger partial charge on any atom is 0.292 e. The summed E-state index contributed by atoms with van der Waals surface area (Å²) in [6.07, 6.45) is 0. The van der Waals surface area contributed by atoms with Crippen LogP contribution in [0.1, 0.15) is 15.9 Å². The predicted molar refractivity (Wildman–Crippen MR) is 85.0 cm³/mol. The number of hydrogen-bond acceptors (Lipinski definition) is 4. The first-order valence-corrected chi connectivity index (χ1v) is 7.10. The summed E-state index contributed by atoms with van der Waals surface area (Å²) in [5.74, 6) is -1.55. The number of carbonyl (C=O) groups excluding carboxylic acids is 1. The molecule has 2 aromatic carbocycles. The molecule has 2 rings (SSSR count). The van der Waals surface area contributed by atoms with Crippen molar-refractivity contribution in [2.24, 2.45) is 0 Å². The molecule has 126 valence electrons. The number of carbonyl (C=O) groups is 1. The topological polar surface area (TPSA) is 84.3 Å². The van der Waals surface area contributed by atoms with E-state index in [1.807, 2.05) is 0 Å². The van der Waals surface area contributed by atoms with Gasteiger partial charge in [-0.3, -0.25) is 14.9 Å². The summed E-state index contributed by atoms with van der Waals surface area (Å²) in [6, 6.07) is 7.20. The molecule has 8 heteroatoms. The third kappa shape index (κ3) is 4.25. The number of nitrogens with one attached hydrogen (secondary N) is 2. The summed E-state index contributed by atoms with van der Waals surface area (Å²) in [6.45, 7) is 1.86. The van der Waals surface area contributed by atoms with Crippen molar-refractivity contribution >= 4 is 17.3 Å². The Morgan fingerprint density at radius 1 is 1.17 bits per heavy atom. The first-order chi connectivity index (χ1) is 11.4. The third-order valence-electron chi connectivity index (χ3n) is 3.32. The molecule has 0 unspecified atom stereocenters. The summed E-state index contributed by atoms with van der Waals surface area (Å²) < 4.78 is 26.6. The summed E-state index contributed by atoms with van der Waals surface area (Å²) in [5, 5.41) is 16.1. The van der Waals surface area contributed by atoms with Gasteiger partial charge in [0.05, 0.1) is 4.92 Å². The first-order valence-electron chi connectivity index (χ1n) is 7.10. The fourth-order valence-corrected chi connectivity index (χ4v) is 2.02. The second-order valence-electron chi connectivity index (χ2n) is 5.07. The molecule has 2 aromatic rings. The van der Waals surface area contributed by atoms with E-state index in [0.29, 0.717) is 5.56 Å². The van der Waals surface area contributed by atoms with E-state index in [4.69, 9.17) is 0 Å². The number of hydrogen-bond donors (Lipinski definition) is 2. The highest BCUT2D eigenvalue weighted by atomic mass is 19.1. The van der Waals surface area contributed by atoms with Gasteiger partial charge in [-0.05, 0) is 30.7 Å². The highest BCUT2D eigenvalue weighted by Crippen LogP contribution is 2.24. The molecule has 1 amide bonds. The molecule has 0 radical (unpaired) electrons. The second kappa shape index (κ2) is 7.49. The van der Waals surface area contributed by atoms with Crippen LogP contribution < -0.4 is 10.6 Å². The lowest BCUT2D eigenvalue weighted by atomic mass is 10.1. The Balaban J connectivity index is 1.91. The van der Waals surface area contributed by atoms with Crippen LogP contribution in [0.25, 0.3) is 0 Å². The van der Waals surface area contributed by atoms with E-state index in [9.17, 15) is 23.7 Å². The SMILES string of the molecule is Cc1ccc(C(=O)NCCNc2cc(F)ccc2[N+](=O)[O-])cc1F. The van der Waals surface area contributed by atoms with E-state index in [0.717, 1.165) is 24.3 Å². The molecular weight excluding hydrogens is 320 g/mol. The minimum atomic E-state index is -0.630. The zero-order valence-corrected chi connectivity index (χ0v) is 12.8. The van der Waals surface area contributed by atoms with Crippen LogP contribution in [0.4, 0.5) is 20.2 Å². The molecular formula is C16H15F2N3O3. The molecule has 2 N–H and O–H groups in total. The average Bonchev–Trinajstić information content (AvgIpc) is 2.53. The van der Waals surface area contributed by atoms with Crippen molar-refractivity contribution in [1.82, 2.24) is 5.32 Å². The molecule has 0 saturated heterocycles. The van der Waals surface area contributed by atoms with Gasteiger partial charge in [0.15, 0.2) is 0 Å².